The van der Waals surface area contributed by atoms with E-state index in [2.05, 4.69) is 61.0 Å². The monoisotopic (exact) mass is 884 g/mol. The van der Waals surface area contributed by atoms with Crippen LogP contribution in [-0.2, 0) is 24.3 Å². The Hall–Kier alpha value is -6.58. The first kappa shape index (κ1) is 42.7. The lowest BCUT2D eigenvalue weighted by atomic mass is 9.95. The van der Waals surface area contributed by atoms with E-state index >= 15 is 0 Å². The number of carbonyl (C=O) groups excluding carboxylic acids is 4. The van der Waals surface area contributed by atoms with Crippen molar-refractivity contribution in [3.63, 3.8) is 0 Å². The third-order valence-electron chi connectivity index (χ3n) is 13.0. The van der Waals surface area contributed by atoms with E-state index in [0.29, 0.717) is 58.8 Å². The Balaban J connectivity index is 0.783. The first-order chi connectivity index (χ1) is 31.0. The molecule has 15 nitrogen and oxygen atoms in total. The van der Waals surface area contributed by atoms with Crippen LogP contribution in [0.5, 0.6) is 5.75 Å². The van der Waals surface area contributed by atoms with E-state index in [1.54, 1.807) is 23.1 Å². The highest BCUT2D eigenvalue weighted by Gasteiger charge is 2.29. The van der Waals surface area contributed by atoms with E-state index in [1.807, 2.05) is 41.9 Å². The number of nitrogens with one attached hydrogen (secondary N) is 3. The zero-order chi connectivity index (χ0) is 44.5. The summed E-state index contributed by atoms with van der Waals surface area (Å²) in [6, 6.07) is 25.0. The van der Waals surface area contributed by atoms with Gasteiger partial charge >= 0.3 is 6.03 Å². The van der Waals surface area contributed by atoms with Gasteiger partial charge in [0, 0.05) is 105 Å². The topological polar surface area (TPSA) is 170 Å². The molecular formula is C48H53ClN10O5. The van der Waals surface area contributed by atoms with Crippen molar-refractivity contribution in [2.45, 2.75) is 45.7 Å². The molecule has 5 N–H and O–H groups in total. The van der Waals surface area contributed by atoms with Crippen molar-refractivity contribution in [3.05, 3.63) is 112 Å². The number of halogens is 1. The number of fused-ring (bicyclic) bond motifs is 2. The van der Waals surface area contributed by atoms with Gasteiger partial charge in [-0.05, 0) is 116 Å². The number of aryl methyl sites for hydroxylation is 3. The van der Waals surface area contributed by atoms with Crippen molar-refractivity contribution in [2.24, 2.45) is 11.7 Å². The number of rotatable bonds is 11. The first-order valence-electron chi connectivity index (χ1n) is 22.0. The van der Waals surface area contributed by atoms with Gasteiger partial charge in [0.25, 0.3) is 11.8 Å². The van der Waals surface area contributed by atoms with Crippen molar-refractivity contribution in [1.29, 1.82) is 0 Å². The molecule has 5 heterocycles. The summed E-state index contributed by atoms with van der Waals surface area (Å²) in [5.41, 5.74) is 15.1. The van der Waals surface area contributed by atoms with Crippen molar-refractivity contribution in [2.75, 3.05) is 79.5 Å². The van der Waals surface area contributed by atoms with E-state index in [1.165, 1.54) is 18.5 Å². The number of piperidine rings is 1. The van der Waals surface area contributed by atoms with Gasteiger partial charge in [-0.1, -0.05) is 23.7 Å². The fraction of sp³-hybridized carbons (Fsp3) is 0.354. The molecule has 0 saturated carbocycles. The summed E-state index contributed by atoms with van der Waals surface area (Å²) in [6.45, 7) is 10.3. The smallest absolute Gasteiger partial charge is 0.328 e. The average Bonchev–Trinajstić information content (AvgIpc) is 3.57. The number of nitrogens with two attached hydrogens (primary N) is 1. The maximum atomic E-state index is 13.1. The van der Waals surface area contributed by atoms with E-state index < -0.39 is 5.91 Å². The molecule has 3 fully saturated rings. The molecule has 332 valence electrons. The van der Waals surface area contributed by atoms with Gasteiger partial charge in [-0.2, -0.15) is 5.10 Å². The predicted octanol–water partition coefficient (Wildman–Crippen LogP) is 6.33. The Labute approximate surface area is 377 Å². The molecule has 64 heavy (non-hydrogen) atoms. The number of hydrogen-bond donors (Lipinski definition) is 4. The second kappa shape index (κ2) is 18.3. The third kappa shape index (κ3) is 8.95. The summed E-state index contributed by atoms with van der Waals surface area (Å²) in [5, 5.41) is 14.2. The standard InChI is InChI=1S/C48H53ClN10O5/c1-30-25-33(3-4-34(30)28-51-47(62)39-27-35(49)5-12-41(39)64-2)44-43(45(50)61)46-52-40-11-10-38(26-32(40)15-20-59(46)54-44)57-23-21-55(22-24-57)29-31-13-17-56(18-14-31)36-6-8-37(9-7-36)58-19-16-42(60)53-48(58)63/h3-12,25-27,31,52H,13-24,28-29H2,1-2H3,(H2,50,61)(H,51,62)(H,53,60,63). The summed E-state index contributed by atoms with van der Waals surface area (Å²) >= 11 is 6.14. The van der Waals surface area contributed by atoms with Crippen molar-refractivity contribution >= 4 is 63.9 Å². The molecule has 3 saturated heterocycles. The van der Waals surface area contributed by atoms with Crippen LogP contribution in [0.2, 0.25) is 5.02 Å². The number of ether oxygens (including phenoxy) is 1. The predicted molar refractivity (Wildman–Crippen MR) is 249 cm³/mol. The maximum Gasteiger partial charge on any atom is 0.328 e. The summed E-state index contributed by atoms with van der Waals surface area (Å²) < 4.78 is 7.19. The molecule has 4 aliphatic rings. The number of methoxy groups -OCH3 is 1. The quantitative estimate of drug-likeness (QED) is 0.118. The highest BCUT2D eigenvalue weighted by molar-refractivity contribution is 6.31. The summed E-state index contributed by atoms with van der Waals surface area (Å²) in [5.74, 6) is 0.589. The number of imide groups is 1. The largest absolute Gasteiger partial charge is 0.496 e. The molecule has 5 aromatic rings. The van der Waals surface area contributed by atoms with E-state index in [0.717, 1.165) is 98.7 Å². The third-order valence-corrected chi connectivity index (χ3v) is 13.3. The van der Waals surface area contributed by atoms with Crippen LogP contribution in [0.3, 0.4) is 0 Å². The number of nitrogens with zero attached hydrogens (tertiary/aromatic N) is 6. The Morgan fingerprint density at radius 3 is 2.28 bits per heavy atom. The number of aromatic nitrogens is 2. The number of piperazine rings is 1. The number of benzene rings is 4. The zero-order valence-corrected chi connectivity index (χ0v) is 36.9. The lowest BCUT2D eigenvalue weighted by molar-refractivity contribution is -0.120. The van der Waals surface area contributed by atoms with E-state index in [4.69, 9.17) is 27.2 Å². The number of hydrogen-bond acceptors (Lipinski definition) is 10. The van der Waals surface area contributed by atoms with Crippen LogP contribution >= 0.6 is 11.6 Å². The van der Waals surface area contributed by atoms with Crippen LogP contribution in [-0.4, -0.2) is 97.9 Å². The van der Waals surface area contributed by atoms with Crippen molar-refractivity contribution in [1.82, 2.24) is 25.3 Å². The van der Waals surface area contributed by atoms with Crippen LogP contribution < -0.4 is 41.1 Å². The number of urea groups is 1. The van der Waals surface area contributed by atoms with Crippen LogP contribution in [0, 0.1) is 12.8 Å². The van der Waals surface area contributed by atoms with Gasteiger partial charge < -0.3 is 30.9 Å². The van der Waals surface area contributed by atoms with E-state index in [9.17, 15) is 19.2 Å². The molecule has 0 atom stereocenters. The lowest BCUT2D eigenvalue weighted by Gasteiger charge is -2.40. The molecule has 9 rings (SSSR count). The summed E-state index contributed by atoms with van der Waals surface area (Å²) in [6.07, 6.45) is 3.33. The molecule has 5 amide bonds. The fourth-order valence-electron chi connectivity index (χ4n) is 9.40. The van der Waals surface area contributed by atoms with Gasteiger partial charge in [0.1, 0.15) is 22.8 Å². The molecule has 0 bridgehead atoms. The molecule has 4 aromatic carbocycles. The Bertz CT molecular complexity index is 2600. The van der Waals surface area contributed by atoms with Crippen LogP contribution in [0.1, 0.15) is 56.7 Å². The zero-order valence-electron chi connectivity index (χ0n) is 36.2. The minimum absolute atomic E-state index is 0.226. The first-order valence-corrected chi connectivity index (χ1v) is 22.3. The molecular weight excluding hydrogens is 832 g/mol. The molecule has 0 spiro atoms. The van der Waals surface area contributed by atoms with Crippen LogP contribution in [0.15, 0.2) is 78.9 Å². The van der Waals surface area contributed by atoms with Gasteiger partial charge in [0.15, 0.2) is 0 Å². The number of primary amides is 1. The van der Waals surface area contributed by atoms with Gasteiger partial charge in [0.05, 0.1) is 12.7 Å². The molecule has 0 unspecified atom stereocenters. The Morgan fingerprint density at radius 2 is 1.56 bits per heavy atom. The van der Waals surface area contributed by atoms with Crippen molar-refractivity contribution < 1.29 is 23.9 Å². The summed E-state index contributed by atoms with van der Waals surface area (Å²) in [4.78, 5) is 59.0. The second-order valence-corrected chi connectivity index (χ2v) is 17.5. The van der Waals surface area contributed by atoms with Gasteiger partial charge in [-0.25, -0.2) is 9.48 Å². The number of carbonyl (C=O) groups is 4. The van der Waals surface area contributed by atoms with Gasteiger partial charge in [-0.15, -0.1) is 0 Å². The second-order valence-electron chi connectivity index (χ2n) is 17.0. The van der Waals surface area contributed by atoms with E-state index in [-0.39, 0.29) is 24.4 Å². The number of amides is 5. The molecule has 4 aliphatic heterocycles. The maximum absolute atomic E-state index is 13.1. The summed E-state index contributed by atoms with van der Waals surface area (Å²) in [7, 11) is 1.51. The minimum Gasteiger partial charge on any atom is -0.496 e. The van der Waals surface area contributed by atoms with Crippen LogP contribution in [0.25, 0.3) is 11.3 Å². The average molecular weight is 885 g/mol. The molecule has 1 aromatic heterocycles. The highest BCUT2D eigenvalue weighted by atomic mass is 35.5. The highest BCUT2D eigenvalue weighted by Crippen LogP contribution is 2.37. The normalized spacial score (nSPS) is 17.0. The van der Waals surface area contributed by atoms with Crippen molar-refractivity contribution in [3.8, 4) is 17.0 Å². The van der Waals surface area contributed by atoms with Gasteiger partial charge in [-0.3, -0.25) is 29.5 Å². The van der Waals surface area contributed by atoms with Crippen LogP contribution in [0.4, 0.5) is 33.4 Å². The molecule has 16 heteroatoms. The number of anilines is 5. The Morgan fingerprint density at radius 1 is 0.828 bits per heavy atom. The fourth-order valence-corrected chi connectivity index (χ4v) is 9.57. The SMILES string of the molecule is COc1ccc(Cl)cc1C(=O)NCc1ccc(-c2nn3c(c2C(N)=O)Nc2ccc(N4CCN(CC5CCN(c6ccc(N7CCC(=O)NC7=O)cc6)CC5)CC4)cc2CC3)cc1C. The molecule has 0 aliphatic carbocycles. The minimum atomic E-state index is -0.562. The Kier molecular flexibility index (Phi) is 12.2. The lowest BCUT2D eigenvalue weighted by Crippen LogP contribution is -2.49. The van der Waals surface area contributed by atoms with Gasteiger partial charge in [0.2, 0.25) is 5.91 Å². The molecule has 0 radical (unpaired) electrons.